The maximum Gasteiger partial charge on any atom is 0.132 e. The molecule has 9 heteroatoms. The van der Waals surface area contributed by atoms with Gasteiger partial charge in [-0.3, -0.25) is 9.89 Å². The van der Waals surface area contributed by atoms with Crippen LogP contribution in [0.3, 0.4) is 0 Å². The molecule has 0 aliphatic carbocycles. The minimum atomic E-state index is -0.255. The van der Waals surface area contributed by atoms with E-state index in [0.29, 0.717) is 6.54 Å². The third kappa shape index (κ3) is 6.51. The van der Waals surface area contributed by atoms with E-state index < -0.39 is 0 Å². The zero-order chi connectivity index (χ0) is 26.2. The van der Waals surface area contributed by atoms with Gasteiger partial charge in [-0.25, -0.2) is 9.38 Å². The lowest BCUT2D eigenvalue weighted by molar-refractivity contribution is 0.176. The average Bonchev–Trinajstić information content (AvgIpc) is 3.18. The number of piperazine rings is 1. The summed E-state index contributed by atoms with van der Waals surface area (Å²) >= 11 is 1.68. The normalized spacial score (nSPS) is 19.2. The minimum Gasteiger partial charge on any atom is -0.369 e. The monoisotopic (exact) mass is 519 g/mol. The second-order valence-corrected chi connectivity index (χ2v) is 9.91. The number of hydrogen-bond acceptors (Lipinski definition) is 8. The highest BCUT2D eigenvalue weighted by Gasteiger charge is 2.24. The maximum atomic E-state index is 13.4. The van der Waals surface area contributed by atoms with Crippen LogP contribution in [0.1, 0.15) is 18.9 Å². The molecular formula is C28H34FN7S. The number of halogens is 1. The van der Waals surface area contributed by atoms with E-state index in [0.717, 1.165) is 80.1 Å². The predicted molar refractivity (Wildman–Crippen MR) is 151 cm³/mol. The first-order chi connectivity index (χ1) is 18.0. The second kappa shape index (κ2) is 12.7. The van der Waals surface area contributed by atoms with Crippen molar-refractivity contribution >= 4 is 30.0 Å². The van der Waals surface area contributed by atoms with E-state index in [-0.39, 0.29) is 5.82 Å². The smallest absolute Gasteiger partial charge is 0.132 e. The van der Waals surface area contributed by atoms with Crippen molar-refractivity contribution in [2.45, 2.75) is 13.3 Å². The van der Waals surface area contributed by atoms with Crippen molar-refractivity contribution in [1.29, 1.82) is 5.26 Å². The van der Waals surface area contributed by atoms with Gasteiger partial charge in [0.15, 0.2) is 0 Å². The molecule has 3 heterocycles. The van der Waals surface area contributed by atoms with Gasteiger partial charge < -0.3 is 14.7 Å². The van der Waals surface area contributed by atoms with Crippen molar-refractivity contribution in [3.63, 3.8) is 0 Å². The van der Waals surface area contributed by atoms with Crippen LogP contribution in [0.15, 0.2) is 75.1 Å². The van der Waals surface area contributed by atoms with Crippen molar-refractivity contribution in [3.05, 3.63) is 76.5 Å². The highest BCUT2D eigenvalue weighted by atomic mass is 32.2. The Bertz CT molecular complexity index is 1170. The first kappa shape index (κ1) is 26.7. The van der Waals surface area contributed by atoms with Crippen LogP contribution in [0.5, 0.6) is 0 Å². The van der Waals surface area contributed by atoms with Gasteiger partial charge >= 0.3 is 0 Å². The third-order valence-electron chi connectivity index (χ3n) is 6.75. The maximum absolute atomic E-state index is 13.4. The van der Waals surface area contributed by atoms with Gasteiger partial charge in [0.1, 0.15) is 17.5 Å². The van der Waals surface area contributed by atoms with Crippen LogP contribution >= 0.6 is 11.8 Å². The molecule has 0 unspecified atom stereocenters. The topological polar surface area (TPSA) is 61.5 Å². The van der Waals surface area contributed by atoms with E-state index in [4.69, 9.17) is 10.3 Å². The molecule has 7 nitrogen and oxygen atoms in total. The zero-order valence-electron chi connectivity index (χ0n) is 21.6. The Morgan fingerprint density at radius 2 is 1.97 bits per heavy atom. The van der Waals surface area contributed by atoms with Crippen molar-refractivity contribution < 1.29 is 4.39 Å². The summed E-state index contributed by atoms with van der Waals surface area (Å²) in [5, 5.41) is 11.0. The number of allylic oxidation sites excluding steroid dienone is 2. The van der Waals surface area contributed by atoms with E-state index in [1.165, 1.54) is 17.8 Å². The number of rotatable bonds is 7. The highest BCUT2D eigenvalue weighted by Crippen LogP contribution is 2.29. The summed E-state index contributed by atoms with van der Waals surface area (Å²) < 4.78 is 13.4. The van der Waals surface area contributed by atoms with E-state index in [9.17, 15) is 4.39 Å². The molecule has 194 valence electrons. The van der Waals surface area contributed by atoms with Crippen molar-refractivity contribution in [3.8, 4) is 6.07 Å². The van der Waals surface area contributed by atoms with E-state index in [1.54, 1.807) is 23.9 Å². The van der Waals surface area contributed by atoms with Crippen LogP contribution in [0.4, 0.5) is 4.39 Å². The van der Waals surface area contributed by atoms with Crippen LogP contribution in [0.2, 0.25) is 0 Å². The molecule has 0 N–H and O–H groups in total. The molecule has 4 rings (SSSR count). The molecule has 1 saturated heterocycles. The SMILES string of the molecule is C=N/C(CC)=C(\N1CC=CC(N2CCN(CC#N)CC2)=CC1)N(C)C1=NC(c2ccc(F)cc2)=CSC1. The van der Waals surface area contributed by atoms with Crippen molar-refractivity contribution in [2.75, 3.05) is 58.6 Å². The Labute approximate surface area is 223 Å². The molecule has 0 spiro atoms. The number of aliphatic imine (C=N–C) groups is 2. The van der Waals surface area contributed by atoms with E-state index in [2.05, 4.69) is 62.5 Å². The molecule has 1 aromatic rings. The Kier molecular flexibility index (Phi) is 9.20. The van der Waals surface area contributed by atoms with Crippen LogP contribution in [-0.4, -0.2) is 90.8 Å². The fourth-order valence-corrected chi connectivity index (χ4v) is 5.52. The second-order valence-electron chi connectivity index (χ2n) is 9.05. The van der Waals surface area contributed by atoms with Crippen LogP contribution in [-0.2, 0) is 0 Å². The Morgan fingerprint density at radius 1 is 1.22 bits per heavy atom. The standard InChI is InChI=1S/C28H34FN7S/c1-4-25(31-2)28(33(3)27-21-37-20-26(32-27)22-7-9-23(29)10-8-22)36-13-5-6-24(11-14-36)35-18-16-34(15-12-30)17-19-35/h5-11,20H,2,4,13-19,21H2,1,3H3/b28-25-. The van der Waals surface area contributed by atoms with Crippen molar-refractivity contribution in [2.24, 2.45) is 9.98 Å². The molecule has 1 aromatic carbocycles. The van der Waals surface area contributed by atoms with Crippen LogP contribution in [0.25, 0.3) is 5.70 Å². The number of hydrogen-bond donors (Lipinski definition) is 0. The van der Waals surface area contributed by atoms with Gasteiger partial charge in [-0.05, 0) is 55.0 Å². The van der Waals surface area contributed by atoms with Crippen LogP contribution < -0.4 is 0 Å². The molecule has 1 fully saturated rings. The van der Waals surface area contributed by atoms with Gasteiger partial charge in [0.25, 0.3) is 0 Å². The zero-order valence-corrected chi connectivity index (χ0v) is 22.4. The van der Waals surface area contributed by atoms with Gasteiger partial charge in [-0.2, -0.15) is 5.26 Å². The molecule has 0 saturated carbocycles. The number of thioether (sulfide) groups is 1. The largest absolute Gasteiger partial charge is 0.369 e. The Morgan fingerprint density at radius 3 is 2.65 bits per heavy atom. The number of nitriles is 1. The first-order valence-electron chi connectivity index (χ1n) is 12.6. The van der Waals surface area contributed by atoms with Gasteiger partial charge in [0, 0.05) is 57.6 Å². The summed E-state index contributed by atoms with van der Waals surface area (Å²) in [4.78, 5) is 18.4. The van der Waals surface area contributed by atoms with Crippen molar-refractivity contribution in [1.82, 2.24) is 19.6 Å². The lowest BCUT2D eigenvalue weighted by atomic mass is 10.2. The summed E-state index contributed by atoms with van der Waals surface area (Å²) in [7, 11) is 2.04. The molecule has 0 atom stereocenters. The van der Waals surface area contributed by atoms with Crippen LogP contribution in [0, 0.1) is 17.1 Å². The highest BCUT2D eigenvalue weighted by molar-refractivity contribution is 8.03. The first-order valence-corrected chi connectivity index (χ1v) is 13.6. The summed E-state index contributed by atoms with van der Waals surface area (Å²) in [5.74, 6) is 2.40. The third-order valence-corrected chi connectivity index (χ3v) is 7.57. The molecule has 0 aromatic heterocycles. The number of benzene rings is 1. The molecular weight excluding hydrogens is 485 g/mol. The Balaban J connectivity index is 1.55. The molecule has 3 aliphatic heterocycles. The Hall–Kier alpha value is -3.35. The van der Waals surface area contributed by atoms with Gasteiger partial charge in [-0.15, -0.1) is 11.8 Å². The lowest BCUT2D eigenvalue weighted by Gasteiger charge is -2.36. The summed E-state index contributed by atoms with van der Waals surface area (Å²) in [6.07, 6.45) is 7.43. The lowest BCUT2D eigenvalue weighted by Crippen LogP contribution is -2.45. The molecule has 3 aliphatic rings. The fraction of sp³-hybridized carbons (Fsp3) is 0.393. The van der Waals surface area contributed by atoms with Gasteiger partial charge in [-0.1, -0.05) is 13.0 Å². The molecule has 0 bridgehead atoms. The van der Waals surface area contributed by atoms with Gasteiger partial charge in [0.2, 0.25) is 0 Å². The summed E-state index contributed by atoms with van der Waals surface area (Å²) in [5.41, 5.74) is 3.86. The molecule has 37 heavy (non-hydrogen) atoms. The quantitative estimate of drug-likeness (QED) is 0.394. The van der Waals surface area contributed by atoms with E-state index in [1.807, 2.05) is 12.5 Å². The number of amidine groups is 1. The molecule has 0 amide bonds. The summed E-state index contributed by atoms with van der Waals surface area (Å²) in [6.45, 7) is 11.6. The average molecular weight is 520 g/mol. The predicted octanol–water partition coefficient (Wildman–Crippen LogP) is 4.38. The summed E-state index contributed by atoms with van der Waals surface area (Å²) in [6, 6.07) is 8.71. The van der Waals surface area contributed by atoms with E-state index >= 15 is 0 Å². The minimum absolute atomic E-state index is 0.255. The van der Waals surface area contributed by atoms with Gasteiger partial charge in [0.05, 0.1) is 29.8 Å². The fourth-order valence-electron chi connectivity index (χ4n) is 4.69. The molecule has 0 radical (unpaired) electrons. The number of nitrogens with zero attached hydrogens (tertiary/aromatic N) is 7.